The first-order valence-electron chi connectivity index (χ1n) is 7.06. The maximum Gasteiger partial charge on any atom is 0.163 e. The number of hydrogen-bond acceptors (Lipinski definition) is 5. The molecule has 0 aliphatic carbocycles. The molecule has 0 fully saturated rings. The van der Waals surface area contributed by atoms with Crippen molar-refractivity contribution in [3.63, 3.8) is 0 Å². The SMILES string of the molecule is CC(=O)c1cnn(-c2cc(Nc3ccc(F)cc3F)ncn2)c1C. The number of aromatic nitrogens is 4. The molecule has 1 N–H and O–H groups in total. The van der Waals surface area contributed by atoms with Crippen LogP contribution in [-0.2, 0) is 0 Å². The van der Waals surface area contributed by atoms with Crippen LogP contribution in [0.2, 0.25) is 0 Å². The predicted octanol–water partition coefficient (Wildman–Crippen LogP) is 3.20. The van der Waals surface area contributed by atoms with E-state index in [-0.39, 0.29) is 11.5 Å². The lowest BCUT2D eigenvalue weighted by atomic mass is 10.2. The number of benzene rings is 1. The molecule has 24 heavy (non-hydrogen) atoms. The van der Waals surface area contributed by atoms with Gasteiger partial charge >= 0.3 is 0 Å². The molecule has 1 aromatic carbocycles. The van der Waals surface area contributed by atoms with E-state index in [0.29, 0.717) is 22.9 Å². The van der Waals surface area contributed by atoms with Gasteiger partial charge in [0.1, 0.15) is 23.8 Å². The van der Waals surface area contributed by atoms with Crippen LogP contribution in [0.3, 0.4) is 0 Å². The minimum atomic E-state index is -0.732. The second-order valence-corrected chi connectivity index (χ2v) is 5.12. The van der Waals surface area contributed by atoms with Crippen molar-refractivity contribution >= 4 is 17.3 Å². The largest absolute Gasteiger partial charge is 0.338 e. The van der Waals surface area contributed by atoms with Gasteiger partial charge in [-0.3, -0.25) is 4.79 Å². The van der Waals surface area contributed by atoms with E-state index in [0.717, 1.165) is 12.1 Å². The Kier molecular flexibility index (Phi) is 4.03. The highest BCUT2D eigenvalue weighted by molar-refractivity contribution is 5.95. The Morgan fingerprint density at radius 2 is 2.00 bits per heavy atom. The van der Waals surface area contributed by atoms with Gasteiger partial charge in [-0.15, -0.1) is 0 Å². The first kappa shape index (κ1) is 15.7. The maximum atomic E-state index is 13.7. The smallest absolute Gasteiger partial charge is 0.163 e. The summed E-state index contributed by atoms with van der Waals surface area (Å²) in [5, 5.41) is 6.90. The summed E-state index contributed by atoms with van der Waals surface area (Å²) in [6.07, 6.45) is 2.75. The van der Waals surface area contributed by atoms with Gasteiger partial charge in [0.2, 0.25) is 0 Å². The Labute approximate surface area is 136 Å². The number of hydrogen-bond donors (Lipinski definition) is 1. The molecular formula is C16H13F2N5O. The van der Waals surface area contributed by atoms with Crippen molar-refractivity contribution in [2.45, 2.75) is 13.8 Å². The second kappa shape index (κ2) is 6.15. The highest BCUT2D eigenvalue weighted by Gasteiger charge is 2.13. The highest BCUT2D eigenvalue weighted by Crippen LogP contribution is 2.21. The normalized spacial score (nSPS) is 10.7. The molecule has 0 aliphatic rings. The molecule has 0 saturated heterocycles. The fourth-order valence-electron chi connectivity index (χ4n) is 2.25. The van der Waals surface area contributed by atoms with Crippen molar-refractivity contribution in [3.05, 3.63) is 59.7 Å². The fourth-order valence-corrected chi connectivity index (χ4v) is 2.25. The van der Waals surface area contributed by atoms with Crippen LogP contribution in [0, 0.1) is 18.6 Å². The van der Waals surface area contributed by atoms with Crippen LogP contribution in [0.1, 0.15) is 23.0 Å². The Morgan fingerprint density at radius 3 is 2.67 bits per heavy atom. The van der Waals surface area contributed by atoms with Crippen molar-refractivity contribution < 1.29 is 13.6 Å². The number of Topliss-reactive ketones (excluding diaryl/α,β-unsaturated/α-hetero) is 1. The zero-order valence-electron chi connectivity index (χ0n) is 12.9. The van der Waals surface area contributed by atoms with Crippen LogP contribution in [0.5, 0.6) is 0 Å². The van der Waals surface area contributed by atoms with E-state index >= 15 is 0 Å². The van der Waals surface area contributed by atoms with Crippen molar-refractivity contribution in [2.75, 3.05) is 5.32 Å². The molecule has 0 bridgehead atoms. The molecule has 0 unspecified atom stereocenters. The van der Waals surface area contributed by atoms with Gasteiger partial charge in [0.25, 0.3) is 0 Å². The third-order valence-corrected chi connectivity index (χ3v) is 3.45. The first-order valence-corrected chi connectivity index (χ1v) is 7.06. The van der Waals surface area contributed by atoms with E-state index in [2.05, 4.69) is 20.4 Å². The van der Waals surface area contributed by atoms with E-state index in [4.69, 9.17) is 0 Å². The minimum Gasteiger partial charge on any atom is -0.338 e. The average Bonchev–Trinajstić information content (AvgIpc) is 2.92. The second-order valence-electron chi connectivity index (χ2n) is 5.12. The molecule has 0 radical (unpaired) electrons. The number of ketones is 1. The van der Waals surface area contributed by atoms with E-state index in [1.807, 2.05) is 0 Å². The van der Waals surface area contributed by atoms with Gasteiger partial charge in [0, 0.05) is 12.1 Å². The van der Waals surface area contributed by atoms with Crippen molar-refractivity contribution in [1.29, 1.82) is 0 Å². The molecule has 0 aliphatic heterocycles. The van der Waals surface area contributed by atoms with E-state index in [1.54, 1.807) is 13.0 Å². The summed E-state index contributed by atoms with van der Waals surface area (Å²) in [7, 11) is 0. The lowest BCUT2D eigenvalue weighted by molar-refractivity contribution is 0.101. The number of nitrogens with one attached hydrogen (secondary N) is 1. The Morgan fingerprint density at radius 1 is 1.21 bits per heavy atom. The molecule has 3 rings (SSSR count). The van der Waals surface area contributed by atoms with E-state index < -0.39 is 11.6 Å². The fraction of sp³-hybridized carbons (Fsp3) is 0.125. The van der Waals surface area contributed by atoms with Crippen LogP contribution in [0.25, 0.3) is 5.82 Å². The minimum absolute atomic E-state index is 0.0858. The van der Waals surface area contributed by atoms with Crippen molar-refractivity contribution in [3.8, 4) is 5.82 Å². The molecule has 8 heteroatoms. The number of anilines is 2. The summed E-state index contributed by atoms with van der Waals surface area (Å²) in [4.78, 5) is 19.6. The van der Waals surface area contributed by atoms with Gasteiger partial charge in [-0.1, -0.05) is 0 Å². The van der Waals surface area contributed by atoms with Crippen LogP contribution in [-0.4, -0.2) is 25.5 Å². The number of carbonyl (C=O) groups excluding carboxylic acids is 1. The Balaban J connectivity index is 1.93. The van der Waals surface area contributed by atoms with Gasteiger partial charge in [0.15, 0.2) is 11.6 Å². The molecule has 0 saturated carbocycles. The topological polar surface area (TPSA) is 72.7 Å². The van der Waals surface area contributed by atoms with Gasteiger partial charge in [-0.25, -0.2) is 23.4 Å². The molecule has 0 spiro atoms. The van der Waals surface area contributed by atoms with Gasteiger partial charge in [-0.05, 0) is 26.0 Å². The summed E-state index contributed by atoms with van der Waals surface area (Å²) in [6, 6.07) is 4.75. The molecule has 2 heterocycles. The molecule has 6 nitrogen and oxygen atoms in total. The maximum absolute atomic E-state index is 13.7. The summed E-state index contributed by atoms with van der Waals surface area (Å²) < 4.78 is 28.2. The predicted molar refractivity (Wildman–Crippen MR) is 83.5 cm³/mol. The van der Waals surface area contributed by atoms with Crippen molar-refractivity contribution in [1.82, 2.24) is 19.7 Å². The zero-order chi connectivity index (χ0) is 17.3. The molecule has 2 aromatic heterocycles. The van der Waals surface area contributed by atoms with Crippen LogP contribution >= 0.6 is 0 Å². The number of carbonyl (C=O) groups is 1. The molecule has 0 amide bonds. The Hall–Kier alpha value is -3.16. The summed E-state index contributed by atoms with van der Waals surface area (Å²) in [5.41, 5.74) is 1.22. The quantitative estimate of drug-likeness (QED) is 0.744. The van der Waals surface area contributed by atoms with Gasteiger partial charge in [-0.2, -0.15) is 5.10 Å². The van der Waals surface area contributed by atoms with E-state index in [9.17, 15) is 13.6 Å². The van der Waals surface area contributed by atoms with E-state index in [1.165, 1.54) is 30.2 Å². The molecule has 3 aromatic rings. The van der Waals surface area contributed by atoms with Crippen LogP contribution < -0.4 is 5.32 Å². The number of nitrogens with zero attached hydrogens (tertiary/aromatic N) is 4. The number of halogens is 2. The highest BCUT2D eigenvalue weighted by atomic mass is 19.1. The van der Waals surface area contributed by atoms with Crippen molar-refractivity contribution in [2.24, 2.45) is 0 Å². The number of rotatable bonds is 4. The Bertz CT molecular complexity index is 923. The molecule has 0 atom stereocenters. The molecular weight excluding hydrogens is 316 g/mol. The zero-order valence-corrected chi connectivity index (χ0v) is 12.9. The summed E-state index contributed by atoms with van der Waals surface area (Å²) >= 11 is 0. The first-order chi connectivity index (χ1) is 11.5. The summed E-state index contributed by atoms with van der Waals surface area (Å²) in [6.45, 7) is 3.21. The lowest BCUT2D eigenvalue weighted by Gasteiger charge is -2.09. The lowest BCUT2D eigenvalue weighted by Crippen LogP contribution is -2.05. The third kappa shape index (κ3) is 2.98. The molecule has 122 valence electrons. The monoisotopic (exact) mass is 329 g/mol. The average molecular weight is 329 g/mol. The van der Waals surface area contributed by atoms with Crippen LogP contribution in [0.4, 0.5) is 20.3 Å². The van der Waals surface area contributed by atoms with Gasteiger partial charge in [0.05, 0.1) is 23.1 Å². The standard InChI is InChI=1S/C16H13F2N5O/c1-9-12(10(2)24)7-21-23(9)16-6-15(19-8-20-16)22-14-4-3-11(17)5-13(14)18/h3-8H,1-2H3,(H,19,20,22). The van der Waals surface area contributed by atoms with Crippen LogP contribution in [0.15, 0.2) is 36.8 Å². The van der Waals surface area contributed by atoms with Gasteiger partial charge < -0.3 is 5.32 Å². The summed E-state index contributed by atoms with van der Waals surface area (Å²) in [5.74, 6) is -0.765. The third-order valence-electron chi connectivity index (χ3n) is 3.45.